The van der Waals surface area contributed by atoms with Crippen molar-refractivity contribution in [2.75, 3.05) is 23.8 Å². The lowest BCUT2D eigenvalue weighted by molar-refractivity contribution is 0.102. The van der Waals surface area contributed by atoms with Crippen molar-refractivity contribution < 1.29 is 9.53 Å². The summed E-state index contributed by atoms with van der Waals surface area (Å²) >= 11 is 0. The lowest BCUT2D eigenvalue weighted by atomic mass is 10.2. The number of ether oxygens (including phenoxy) is 1. The minimum absolute atomic E-state index is 0.237. The predicted octanol–water partition coefficient (Wildman–Crippen LogP) is 2.63. The number of carbonyl (C=O) groups excluding carboxylic acids is 1. The van der Waals surface area contributed by atoms with Crippen molar-refractivity contribution in [1.29, 1.82) is 0 Å². The second-order valence-corrected chi connectivity index (χ2v) is 5.64. The second-order valence-electron chi connectivity index (χ2n) is 5.64. The summed E-state index contributed by atoms with van der Waals surface area (Å²) in [5.74, 6) is 0.376. The van der Waals surface area contributed by atoms with Gasteiger partial charge in [0.1, 0.15) is 5.82 Å². The van der Waals surface area contributed by atoms with Gasteiger partial charge in [-0.3, -0.25) is 4.79 Å². The molecule has 1 aliphatic heterocycles. The second kappa shape index (κ2) is 7.19. The van der Waals surface area contributed by atoms with Gasteiger partial charge in [-0.15, -0.1) is 10.2 Å². The molecule has 0 bridgehead atoms. The molecule has 1 aromatic heterocycles. The maximum Gasteiger partial charge on any atom is 0.276 e. The fourth-order valence-corrected chi connectivity index (χ4v) is 2.49. The highest BCUT2D eigenvalue weighted by Gasteiger charge is 2.15. The normalized spacial score (nSPS) is 17.0. The molecule has 1 amide bonds. The van der Waals surface area contributed by atoms with Gasteiger partial charge in [0.05, 0.1) is 6.10 Å². The summed E-state index contributed by atoms with van der Waals surface area (Å²) < 4.78 is 5.54. The molecule has 2 heterocycles. The molecular formula is C17H20N4O2. The Bertz CT molecular complexity index is 667. The molecule has 2 aromatic rings. The van der Waals surface area contributed by atoms with Crippen LogP contribution in [0.15, 0.2) is 36.4 Å². The highest BCUT2D eigenvalue weighted by molar-refractivity contribution is 6.02. The zero-order chi connectivity index (χ0) is 16.1. The fraction of sp³-hybridized carbons (Fsp3) is 0.353. The maximum atomic E-state index is 12.1. The largest absolute Gasteiger partial charge is 0.376 e. The molecule has 3 rings (SSSR count). The third-order valence-electron chi connectivity index (χ3n) is 3.71. The van der Waals surface area contributed by atoms with Gasteiger partial charge in [0.25, 0.3) is 5.91 Å². The monoisotopic (exact) mass is 312 g/mol. The zero-order valence-electron chi connectivity index (χ0n) is 13.1. The average molecular weight is 312 g/mol. The van der Waals surface area contributed by atoms with Crippen molar-refractivity contribution in [1.82, 2.24) is 10.2 Å². The van der Waals surface area contributed by atoms with Crippen LogP contribution in [-0.4, -0.2) is 35.4 Å². The molecule has 1 aromatic carbocycles. The van der Waals surface area contributed by atoms with Crippen LogP contribution in [0.25, 0.3) is 0 Å². The summed E-state index contributed by atoms with van der Waals surface area (Å²) in [6.07, 6.45) is 2.41. The number of nitrogens with one attached hydrogen (secondary N) is 2. The molecule has 0 radical (unpaired) electrons. The summed E-state index contributed by atoms with van der Waals surface area (Å²) in [7, 11) is 0. The van der Waals surface area contributed by atoms with Crippen molar-refractivity contribution in [3.8, 4) is 0 Å². The van der Waals surface area contributed by atoms with Crippen LogP contribution in [0.1, 0.15) is 28.9 Å². The van der Waals surface area contributed by atoms with Crippen LogP contribution < -0.4 is 10.6 Å². The van der Waals surface area contributed by atoms with Gasteiger partial charge in [0, 0.05) is 18.8 Å². The molecular weight excluding hydrogens is 292 g/mol. The summed E-state index contributed by atoms with van der Waals surface area (Å²) in [6.45, 7) is 3.52. The molecule has 23 heavy (non-hydrogen) atoms. The highest BCUT2D eigenvalue weighted by atomic mass is 16.5. The van der Waals surface area contributed by atoms with Crippen LogP contribution >= 0.6 is 0 Å². The molecule has 1 fully saturated rings. The van der Waals surface area contributed by atoms with Crippen molar-refractivity contribution in [3.63, 3.8) is 0 Å². The van der Waals surface area contributed by atoms with Crippen LogP contribution in [0.4, 0.5) is 11.5 Å². The number of aryl methyl sites for hydroxylation is 1. The number of hydrogen-bond donors (Lipinski definition) is 2. The van der Waals surface area contributed by atoms with Gasteiger partial charge < -0.3 is 15.4 Å². The van der Waals surface area contributed by atoms with E-state index in [1.165, 1.54) is 0 Å². The number of amides is 1. The lowest BCUT2D eigenvalue weighted by Gasteiger charge is -2.11. The summed E-state index contributed by atoms with van der Waals surface area (Å²) in [5, 5.41) is 14.0. The van der Waals surface area contributed by atoms with E-state index in [2.05, 4.69) is 20.8 Å². The minimum atomic E-state index is -0.270. The third-order valence-corrected chi connectivity index (χ3v) is 3.71. The molecule has 6 nitrogen and oxygen atoms in total. The van der Waals surface area contributed by atoms with Crippen molar-refractivity contribution in [2.24, 2.45) is 0 Å². The van der Waals surface area contributed by atoms with Gasteiger partial charge >= 0.3 is 0 Å². The predicted molar refractivity (Wildman–Crippen MR) is 88.6 cm³/mol. The Hall–Kier alpha value is -2.47. The SMILES string of the molecule is Cc1cccc(NC(=O)c2ccc(NCC3CCCO3)nn2)c1. The number of aromatic nitrogens is 2. The number of anilines is 2. The lowest BCUT2D eigenvalue weighted by Crippen LogP contribution is -2.20. The maximum absolute atomic E-state index is 12.1. The topological polar surface area (TPSA) is 76.1 Å². The van der Waals surface area contributed by atoms with Crippen LogP contribution in [0, 0.1) is 6.92 Å². The van der Waals surface area contributed by atoms with Crippen LogP contribution in [0.2, 0.25) is 0 Å². The van der Waals surface area contributed by atoms with Crippen LogP contribution in [-0.2, 0) is 4.74 Å². The van der Waals surface area contributed by atoms with Crippen molar-refractivity contribution in [2.45, 2.75) is 25.9 Å². The first-order valence-electron chi connectivity index (χ1n) is 7.78. The highest BCUT2D eigenvalue weighted by Crippen LogP contribution is 2.13. The van der Waals surface area contributed by atoms with Gasteiger partial charge in [-0.05, 0) is 49.6 Å². The van der Waals surface area contributed by atoms with E-state index in [1.807, 2.05) is 31.2 Å². The number of hydrogen-bond acceptors (Lipinski definition) is 5. The molecule has 0 spiro atoms. The molecule has 6 heteroatoms. The van der Waals surface area contributed by atoms with E-state index >= 15 is 0 Å². The Morgan fingerprint density at radius 1 is 1.30 bits per heavy atom. The molecule has 1 unspecified atom stereocenters. The number of nitrogens with zero attached hydrogens (tertiary/aromatic N) is 2. The third kappa shape index (κ3) is 4.26. The smallest absolute Gasteiger partial charge is 0.276 e. The molecule has 2 N–H and O–H groups in total. The first-order valence-corrected chi connectivity index (χ1v) is 7.78. The molecule has 1 saturated heterocycles. The van der Waals surface area contributed by atoms with Crippen LogP contribution in [0.5, 0.6) is 0 Å². The average Bonchev–Trinajstić information content (AvgIpc) is 3.07. The zero-order valence-corrected chi connectivity index (χ0v) is 13.1. The van der Waals surface area contributed by atoms with Gasteiger partial charge in [-0.1, -0.05) is 12.1 Å². The Labute approximate surface area is 135 Å². The Morgan fingerprint density at radius 2 is 2.22 bits per heavy atom. The first-order chi connectivity index (χ1) is 11.2. The summed E-state index contributed by atoms with van der Waals surface area (Å²) in [6, 6.07) is 11.0. The fourth-order valence-electron chi connectivity index (χ4n) is 2.49. The Balaban J connectivity index is 1.56. The minimum Gasteiger partial charge on any atom is -0.376 e. The summed E-state index contributed by atoms with van der Waals surface area (Å²) in [4.78, 5) is 12.1. The van der Waals surface area contributed by atoms with Crippen LogP contribution in [0.3, 0.4) is 0 Å². The molecule has 0 saturated carbocycles. The molecule has 1 atom stereocenters. The van der Waals surface area contributed by atoms with E-state index in [9.17, 15) is 4.79 Å². The van der Waals surface area contributed by atoms with E-state index in [4.69, 9.17) is 4.74 Å². The number of carbonyl (C=O) groups is 1. The number of benzene rings is 1. The molecule has 120 valence electrons. The van der Waals surface area contributed by atoms with E-state index in [0.29, 0.717) is 12.4 Å². The van der Waals surface area contributed by atoms with E-state index in [0.717, 1.165) is 30.7 Å². The van der Waals surface area contributed by atoms with Crippen molar-refractivity contribution >= 4 is 17.4 Å². The molecule has 1 aliphatic rings. The van der Waals surface area contributed by atoms with E-state index in [-0.39, 0.29) is 17.7 Å². The summed E-state index contributed by atoms with van der Waals surface area (Å²) in [5.41, 5.74) is 2.12. The Morgan fingerprint density at radius 3 is 2.91 bits per heavy atom. The Kier molecular flexibility index (Phi) is 4.83. The van der Waals surface area contributed by atoms with E-state index in [1.54, 1.807) is 12.1 Å². The number of rotatable bonds is 5. The quantitative estimate of drug-likeness (QED) is 0.887. The molecule has 0 aliphatic carbocycles. The van der Waals surface area contributed by atoms with Gasteiger partial charge in [-0.2, -0.15) is 0 Å². The standard InChI is InChI=1S/C17H20N4O2/c1-12-4-2-5-13(10-12)19-17(22)15-7-8-16(21-20-15)18-11-14-6-3-9-23-14/h2,4-5,7-8,10,14H,3,6,9,11H2,1H3,(H,18,21)(H,19,22). The first kappa shape index (κ1) is 15.4. The van der Waals surface area contributed by atoms with E-state index < -0.39 is 0 Å². The van der Waals surface area contributed by atoms with Crippen molar-refractivity contribution in [3.05, 3.63) is 47.7 Å². The van der Waals surface area contributed by atoms with Gasteiger partial charge in [0.15, 0.2) is 5.69 Å². The van der Waals surface area contributed by atoms with Gasteiger partial charge in [0.2, 0.25) is 0 Å². The van der Waals surface area contributed by atoms with Gasteiger partial charge in [-0.25, -0.2) is 0 Å².